The van der Waals surface area contributed by atoms with Crippen LogP contribution >= 0.6 is 11.3 Å². The first-order valence-electron chi connectivity index (χ1n) is 9.96. The van der Waals surface area contributed by atoms with Gasteiger partial charge in [-0.3, -0.25) is 19.7 Å². The van der Waals surface area contributed by atoms with Crippen molar-refractivity contribution in [3.63, 3.8) is 0 Å². The second kappa shape index (κ2) is 7.72. The summed E-state index contributed by atoms with van der Waals surface area (Å²) < 4.78 is 5.40. The van der Waals surface area contributed by atoms with Crippen molar-refractivity contribution in [2.24, 2.45) is 11.8 Å². The van der Waals surface area contributed by atoms with E-state index in [1.807, 2.05) is 30.5 Å². The minimum absolute atomic E-state index is 0.220. The molecule has 3 heterocycles. The number of amides is 2. The molecule has 0 radical (unpaired) electrons. The van der Waals surface area contributed by atoms with Gasteiger partial charge in [0.25, 0.3) is 0 Å². The van der Waals surface area contributed by atoms with Gasteiger partial charge in [0.1, 0.15) is 5.54 Å². The Morgan fingerprint density at radius 3 is 2.52 bits per heavy atom. The molecule has 2 aliphatic heterocycles. The first-order valence-corrected chi connectivity index (χ1v) is 10.8. The van der Waals surface area contributed by atoms with E-state index >= 15 is 0 Å². The highest BCUT2D eigenvalue weighted by molar-refractivity contribution is 7.10. The molecule has 2 fully saturated rings. The molecular weight excluding hydrogens is 388 g/mol. The summed E-state index contributed by atoms with van der Waals surface area (Å²) in [4.78, 5) is 42.4. The number of rotatable bonds is 6. The summed E-state index contributed by atoms with van der Waals surface area (Å²) in [5, 5.41) is 5.33. The molecule has 0 saturated carbocycles. The lowest BCUT2D eigenvalue weighted by Gasteiger charge is -2.32. The van der Waals surface area contributed by atoms with E-state index in [2.05, 4.69) is 5.32 Å². The van der Waals surface area contributed by atoms with Gasteiger partial charge < -0.3 is 4.74 Å². The number of fused-ring (bicyclic) bond motifs is 1. The number of benzene rings is 1. The van der Waals surface area contributed by atoms with Gasteiger partial charge in [0, 0.05) is 4.88 Å². The molecule has 6 nitrogen and oxygen atoms in total. The summed E-state index contributed by atoms with van der Waals surface area (Å²) in [5.41, 5.74) is -0.670. The summed E-state index contributed by atoms with van der Waals surface area (Å²) in [6.45, 7) is 3.93. The number of hydrogen-bond donors (Lipinski definition) is 1. The molecular formula is C22H24N2O4S. The van der Waals surface area contributed by atoms with E-state index in [1.54, 1.807) is 31.2 Å². The summed E-state index contributed by atoms with van der Waals surface area (Å²) in [7, 11) is 0. The maximum atomic E-state index is 13.6. The van der Waals surface area contributed by atoms with E-state index in [1.165, 1.54) is 16.2 Å². The third-order valence-corrected chi connectivity index (χ3v) is 6.76. The zero-order valence-corrected chi connectivity index (χ0v) is 17.3. The van der Waals surface area contributed by atoms with Crippen LogP contribution in [0.4, 0.5) is 5.69 Å². The van der Waals surface area contributed by atoms with E-state index < -0.39 is 29.4 Å². The van der Waals surface area contributed by atoms with Crippen LogP contribution in [0, 0.1) is 11.8 Å². The molecule has 0 aliphatic carbocycles. The number of carbonyl (C=O) groups is 3. The zero-order chi connectivity index (χ0) is 20.6. The molecule has 4 atom stereocenters. The summed E-state index contributed by atoms with van der Waals surface area (Å²) in [5.74, 6) is -2.48. The highest BCUT2D eigenvalue weighted by Crippen LogP contribution is 2.52. The number of nitrogens with zero attached hydrogens (tertiary/aromatic N) is 1. The lowest BCUT2D eigenvalue weighted by Crippen LogP contribution is -2.56. The number of nitrogens with one attached hydrogen (secondary N) is 1. The van der Waals surface area contributed by atoms with Crippen molar-refractivity contribution in [2.75, 3.05) is 11.5 Å². The van der Waals surface area contributed by atoms with Gasteiger partial charge in [-0.05, 0) is 36.9 Å². The van der Waals surface area contributed by atoms with Crippen molar-refractivity contribution in [2.45, 2.75) is 38.3 Å². The van der Waals surface area contributed by atoms with Crippen LogP contribution in [0.3, 0.4) is 0 Å². The van der Waals surface area contributed by atoms with Gasteiger partial charge in [0.05, 0.1) is 30.2 Å². The molecule has 7 heteroatoms. The monoisotopic (exact) mass is 412 g/mol. The molecule has 2 aromatic rings. The van der Waals surface area contributed by atoms with Crippen molar-refractivity contribution < 1.29 is 19.1 Å². The first kappa shape index (κ1) is 19.8. The van der Waals surface area contributed by atoms with Crippen molar-refractivity contribution in [3.8, 4) is 0 Å². The molecule has 1 aromatic heterocycles. The van der Waals surface area contributed by atoms with Crippen molar-refractivity contribution in [3.05, 3.63) is 52.7 Å². The quantitative estimate of drug-likeness (QED) is 0.582. The van der Waals surface area contributed by atoms with Crippen LogP contribution in [-0.2, 0) is 19.1 Å². The second-order valence-electron chi connectivity index (χ2n) is 7.43. The number of anilines is 1. The minimum atomic E-state index is -1.21. The lowest BCUT2D eigenvalue weighted by molar-refractivity contribution is -0.155. The topological polar surface area (TPSA) is 75.7 Å². The fraction of sp³-hybridized carbons (Fsp3) is 0.409. The van der Waals surface area contributed by atoms with Gasteiger partial charge in [0.15, 0.2) is 0 Å². The average molecular weight is 413 g/mol. The van der Waals surface area contributed by atoms with Crippen LogP contribution in [0.2, 0.25) is 0 Å². The number of esters is 1. The largest absolute Gasteiger partial charge is 0.465 e. The Morgan fingerprint density at radius 1 is 1.14 bits per heavy atom. The van der Waals surface area contributed by atoms with Crippen LogP contribution in [-0.4, -0.2) is 29.9 Å². The van der Waals surface area contributed by atoms with Crippen LogP contribution in [0.25, 0.3) is 0 Å². The molecule has 1 aromatic carbocycles. The van der Waals surface area contributed by atoms with E-state index in [9.17, 15) is 14.4 Å². The molecule has 4 rings (SSSR count). The van der Waals surface area contributed by atoms with Gasteiger partial charge in [-0.2, -0.15) is 0 Å². The Kier molecular flexibility index (Phi) is 5.27. The Bertz CT molecular complexity index is 914. The third kappa shape index (κ3) is 3.00. The smallest absolute Gasteiger partial charge is 0.327 e. The summed E-state index contributed by atoms with van der Waals surface area (Å²) in [6, 6.07) is 12.4. The van der Waals surface area contributed by atoms with Gasteiger partial charge in [-0.15, -0.1) is 11.3 Å². The fourth-order valence-electron chi connectivity index (χ4n) is 4.72. The van der Waals surface area contributed by atoms with E-state index in [0.29, 0.717) is 18.5 Å². The normalized spacial score (nSPS) is 28.6. The lowest BCUT2D eigenvalue weighted by atomic mass is 9.77. The molecule has 2 amide bonds. The van der Waals surface area contributed by atoms with Crippen LogP contribution in [0.5, 0.6) is 0 Å². The van der Waals surface area contributed by atoms with Gasteiger partial charge in [0.2, 0.25) is 11.8 Å². The van der Waals surface area contributed by atoms with Crippen LogP contribution < -0.4 is 10.2 Å². The summed E-state index contributed by atoms with van der Waals surface area (Å²) in [6.07, 6.45) is 1.11. The number of imide groups is 1. The molecule has 2 aliphatic rings. The number of hydrogen-bond acceptors (Lipinski definition) is 6. The predicted molar refractivity (Wildman–Crippen MR) is 110 cm³/mol. The highest BCUT2D eigenvalue weighted by atomic mass is 32.1. The maximum absolute atomic E-state index is 13.6. The molecule has 0 unspecified atom stereocenters. The molecule has 0 spiro atoms. The standard InChI is InChI=1S/C22H24N2O4S/c1-3-12-22(21(27)28-4-2)17-16(18(23-22)15-11-8-13-29-15)19(25)24(20(17)26)14-9-6-5-7-10-14/h5-11,13,16-18,23H,3-4,12H2,1-2H3/t16-,17-,18-,22-/m0/s1. The first-order chi connectivity index (χ1) is 14.0. The second-order valence-corrected chi connectivity index (χ2v) is 8.41. The number of ether oxygens (including phenoxy) is 1. The Hall–Kier alpha value is -2.51. The van der Waals surface area contributed by atoms with Gasteiger partial charge in [-0.1, -0.05) is 37.6 Å². The molecule has 29 heavy (non-hydrogen) atoms. The van der Waals surface area contributed by atoms with Gasteiger partial charge in [-0.25, -0.2) is 4.90 Å². The predicted octanol–water partition coefficient (Wildman–Crippen LogP) is 3.30. The highest BCUT2D eigenvalue weighted by Gasteiger charge is 2.68. The van der Waals surface area contributed by atoms with E-state index in [-0.39, 0.29) is 18.4 Å². The van der Waals surface area contributed by atoms with Crippen molar-refractivity contribution in [1.29, 1.82) is 0 Å². The average Bonchev–Trinajstić information content (AvgIpc) is 3.41. The maximum Gasteiger partial charge on any atom is 0.327 e. The number of thiophene rings is 1. The molecule has 152 valence electrons. The molecule has 2 saturated heterocycles. The van der Waals surface area contributed by atoms with E-state index in [4.69, 9.17) is 4.74 Å². The van der Waals surface area contributed by atoms with Crippen molar-refractivity contribution >= 4 is 34.8 Å². The van der Waals surface area contributed by atoms with Crippen molar-refractivity contribution in [1.82, 2.24) is 5.32 Å². The minimum Gasteiger partial charge on any atom is -0.465 e. The molecule has 1 N–H and O–H groups in total. The van der Waals surface area contributed by atoms with Crippen LogP contribution in [0.1, 0.15) is 37.6 Å². The summed E-state index contributed by atoms with van der Waals surface area (Å²) >= 11 is 1.52. The third-order valence-electron chi connectivity index (χ3n) is 5.80. The Labute approximate surface area is 173 Å². The number of carbonyl (C=O) groups excluding carboxylic acids is 3. The number of para-hydroxylation sites is 1. The Balaban J connectivity index is 1.84. The SMILES string of the molecule is CCC[C@]1(C(=O)OCC)N[C@@H](c2cccs2)[C@H]2C(=O)N(c3ccccc3)C(=O)[C@H]21. The van der Waals surface area contributed by atoms with Crippen LogP contribution in [0.15, 0.2) is 47.8 Å². The van der Waals surface area contributed by atoms with Gasteiger partial charge >= 0.3 is 5.97 Å². The molecule has 0 bridgehead atoms. The van der Waals surface area contributed by atoms with E-state index in [0.717, 1.165) is 4.88 Å². The fourth-order valence-corrected chi connectivity index (χ4v) is 5.54. The Morgan fingerprint density at radius 2 is 1.90 bits per heavy atom. The zero-order valence-electron chi connectivity index (χ0n) is 16.5.